The van der Waals surface area contributed by atoms with Crippen LogP contribution in [0, 0.1) is 23.3 Å². The van der Waals surface area contributed by atoms with Crippen molar-refractivity contribution in [2.75, 3.05) is 7.11 Å². The maximum absolute atomic E-state index is 14.4. The van der Waals surface area contributed by atoms with Crippen molar-refractivity contribution in [1.29, 1.82) is 0 Å². The van der Waals surface area contributed by atoms with Crippen LogP contribution in [0.3, 0.4) is 0 Å². The van der Waals surface area contributed by atoms with Gasteiger partial charge in [0.05, 0.1) is 7.11 Å². The third-order valence-electron chi connectivity index (χ3n) is 5.19. The first kappa shape index (κ1) is 22.6. The normalized spacial score (nSPS) is 11.3. The Morgan fingerprint density at radius 3 is 2.16 bits per heavy atom. The minimum Gasteiger partial charge on any atom is -0.494 e. The Kier molecular flexibility index (Phi) is 7.50. The van der Waals surface area contributed by atoms with Crippen molar-refractivity contribution in [3.8, 4) is 16.9 Å². The molecule has 5 heteroatoms. The Balaban J connectivity index is 1.77. The van der Waals surface area contributed by atoms with Gasteiger partial charge in [-0.05, 0) is 41.7 Å². The summed E-state index contributed by atoms with van der Waals surface area (Å²) in [6.45, 7) is 2.06. The predicted octanol–water partition coefficient (Wildman–Crippen LogP) is 7.82. The molecular formula is C26H24F4O. The fourth-order valence-electron chi connectivity index (χ4n) is 3.36. The lowest BCUT2D eigenvalue weighted by Gasteiger charge is -2.08. The predicted molar refractivity (Wildman–Crippen MR) is 117 cm³/mol. The van der Waals surface area contributed by atoms with Crippen LogP contribution in [0.1, 0.15) is 42.9 Å². The van der Waals surface area contributed by atoms with Gasteiger partial charge in [0.25, 0.3) is 0 Å². The van der Waals surface area contributed by atoms with E-state index in [9.17, 15) is 17.6 Å². The van der Waals surface area contributed by atoms with E-state index >= 15 is 0 Å². The summed E-state index contributed by atoms with van der Waals surface area (Å²) < 4.78 is 61.7. The van der Waals surface area contributed by atoms with E-state index in [1.807, 2.05) is 0 Å². The van der Waals surface area contributed by atoms with Gasteiger partial charge in [-0.2, -0.15) is 4.39 Å². The first-order valence-corrected chi connectivity index (χ1v) is 10.2. The maximum atomic E-state index is 14.4. The van der Waals surface area contributed by atoms with Crippen LogP contribution in [-0.4, -0.2) is 7.11 Å². The lowest BCUT2D eigenvalue weighted by molar-refractivity contribution is 0.372. The van der Waals surface area contributed by atoms with Gasteiger partial charge in [0.15, 0.2) is 23.2 Å². The molecule has 0 saturated carbocycles. The molecule has 0 spiro atoms. The summed E-state index contributed by atoms with van der Waals surface area (Å²) in [6.07, 6.45) is 6.48. The van der Waals surface area contributed by atoms with E-state index in [0.29, 0.717) is 23.1 Å². The molecule has 3 aromatic rings. The second kappa shape index (κ2) is 10.3. The van der Waals surface area contributed by atoms with E-state index in [4.69, 9.17) is 4.74 Å². The van der Waals surface area contributed by atoms with E-state index in [1.165, 1.54) is 25.3 Å². The number of methoxy groups -OCH3 is 1. The largest absolute Gasteiger partial charge is 0.494 e. The van der Waals surface area contributed by atoms with Gasteiger partial charge < -0.3 is 4.74 Å². The van der Waals surface area contributed by atoms with Gasteiger partial charge in [0.1, 0.15) is 0 Å². The Bertz CT molecular complexity index is 1070. The van der Waals surface area contributed by atoms with Crippen LogP contribution in [0.5, 0.6) is 5.75 Å². The molecule has 0 aliphatic carbocycles. The van der Waals surface area contributed by atoms with Gasteiger partial charge >= 0.3 is 0 Å². The fraction of sp³-hybridized carbons (Fsp3) is 0.231. The zero-order valence-corrected chi connectivity index (χ0v) is 17.5. The van der Waals surface area contributed by atoms with Crippen LogP contribution in [0.4, 0.5) is 17.6 Å². The molecule has 0 fully saturated rings. The average molecular weight is 428 g/mol. The second-order valence-electron chi connectivity index (χ2n) is 7.30. The Morgan fingerprint density at radius 1 is 0.742 bits per heavy atom. The highest BCUT2D eigenvalue weighted by atomic mass is 19.2. The van der Waals surface area contributed by atoms with Crippen LogP contribution in [0.2, 0.25) is 0 Å². The van der Waals surface area contributed by atoms with E-state index in [-0.39, 0.29) is 16.9 Å². The summed E-state index contributed by atoms with van der Waals surface area (Å²) in [5.74, 6) is -3.85. The highest BCUT2D eigenvalue weighted by Gasteiger charge is 2.15. The van der Waals surface area contributed by atoms with Gasteiger partial charge in [-0.15, -0.1) is 0 Å². The van der Waals surface area contributed by atoms with E-state index < -0.39 is 23.3 Å². The molecule has 0 aliphatic rings. The molecule has 0 aliphatic heterocycles. The standard InChI is InChI=1S/C26H24F4O/c1-3-4-5-6-19-13-14-20(24(28)23(19)27)12-9-17-7-10-18(11-8-17)21-15-16-22(31-2)26(30)25(21)29/h7-16H,3-6H2,1-2H3/b12-9+. The summed E-state index contributed by atoms with van der Waals surface area (Å²) in [4.78, 5) is 0. The van der Waals surface area contributed by atoms with E-state index in [0.717, 1.165) is 19.3 Å². The molecule has 1 nitrogen and oxygen atoms in total. The summed E-state index contributed by atoms with van der Waals surface area (Å²) in [5.41, 5.74) is 1.86. The quantitative estimate of drug-likeness (QED) is 0.202. The summed E-state index contributed by atoms with van der Waals surface area (Å²) >= 11 is 0. The van der Waals surface area contributed by atoms with Crippen molar-refractivity contribution < 1.29 is 22.3 Å². The summed E-state index contributed by atoms with van der Waals surface area (Å²) in [5, 5.41) is 0. The number of rotatable bonds is 8. The van der Waals surface area contributed by atoms with Gasteiger partial charge in [0, 0.05) is 11.1 Å². The summed E-state index contributed by atoms with van der Waals surface area (Å²) in [7, 11) is 1.27. The Hall–Kier alpha value is -3.08. The number of halogens is 4. The third-order valence-corrected chi connectivity index (χ3v) is 5.19. The van der Waals surface area contributed by atoms with E-state index in [1.54, 1.807) is 42.5 Å². The minimum absolute atomic E-state index is 0.112. The lowest BCUT2D eigenvalue weighted by atomic mass is 10.0. The zero-order chi connectivity index (χ0) is 22.4. The minimum atomic E-state index is -1.04. The topological polar surface area (TPSA) is 9.23 Å². The van der Waals surface area contributed by atoms with Crippen molar-refractivity contribution in [3.63, 3.8) is 0 Å². The zero-order valence-electron chi connectivity index (χ0n) is 17.5. The first-order chi connectivity index (χ1) is 15.0. The van der Waals surface area contributed by atoms with Crippen LogP contribution >= 0.6 is 0 Å². The molecule has 0 unspecified atom stereocenters. The van der Waals surface area contributed by atoms with Crippen LogP contribution in [0.25, 0.3) is 23.3 Å². The monoisotopic (exact) mass is 428 g/mol. The maximum Gasteiger partial charge on any atom is 0.201 e. The third kappa shape index (κ3) is 5.16. The van der Waals surface area contributed by atoms with Crippen molar-refractivity contribution in [3.05, 3.63) is 88.5 Å². The molecule has 3 aromatic carbocycles. The molecule has 0 heterocycles. The van der Waals surface area contributed by atoms with Crippen molar-refractivity contribution in [1.82, 2.24) is 0 Å². The smallest absolute Gasteiger partial charge is 0.201 e. The second-order valence-corrected chi connectivity index (χ2v) is 7.30. The number of hydrogen-bond acceptors (Lipinski definition) is 1. The fourth-order valence-corrected chi connectivity index (χ4v) is 3.36. The molecule has 31 heavy (non-hydrogen) atoms. The Morgan fingerprint density at radius 2 is 1.48 bits per heavy atom. The van der Waals surface area contributed by atoms with Crippen molar-refractivity contribution in [2.45, 2.75) is 32.6 Å². The molecule has 162 valence electrons. The van der Waals surface area contributed by atoms with Gasteiger partial charge in [0.2, 0.25) is 5.82 Å². The van der Waals surface area contributed by atoms with Gasteiger partial charge in [-0.25, -0.2) is 13.2 Å². The molecule has 0 bridgehead atoms. The lowest BCUT2D eigenvalue weighted by Crippen LogP contribution is -1.97. The van der Waals surface area contributed by atoms with Gasteiger partial charge in [-0.3, -0.25) is 0 Å². The molecule has 0 amide bonds. The molecule has 0 radical (unpaired) electrons. The van der Waals surface area contributed by atoms with Crippen LogP contribution in [0.15, 0.2) is 48.5 Å². The van der Waals surface area contributed by atoms with Crippen molar-refractivity contribution >= 4 is 12.2 Å². The molecule has 0 atom stereocenters. The highest BCUT2D eigenvalue weighted by Crippen LogP contribution is 2.30. The van der Waals surface area contributed by atoms with Crippen molar-refractivity contribution in [2.24, 2.45) is 0 Å². The summed E-state index contributed by atoms with van der Waals surface area (Å²) in [6, 6.07) is 12.7. The number of aryl methyl sites for hydroxylation is 1. The van der Waals surface area contributed by atoms with E-state index in [2.05, 4.69) is 6.92 Å². The number of benzene rings is 3. The van der Waals surface area contributed by atoms with Crippen LogP contribution < -0.4 is 4.74 Å². The molecule has 0 N–H and O–H groups in total. The number of hydrogen-bond donors (Lipinski definition) is 0. The molecule has 0 aromatic heterocycles. The molecule has 3 rings (SSSR count). The number of unbranched alkanes of at least 4 members (excludes halogenated alkanes) is 2. The molecular weight excluding hydrogens is 404 g/mol. The molecule has 0 saturated heterocycles. The first-order valence-electron chi connectivity index (χ1n) is 10.2. The average Bonchev–Trinajstić information content (AvgIpc) is 2.78. The van der Waals surface area contributed by atoms with Gasteiger partial charge in [-0.1, -0.05) is 68.3 Å². The highest BCUT2D eigenvalue weighted by molar-refractivity contribution is 5.73. The number of ether oxygens (including phenoxy) is 1. The Labute approximate surface area is 180 Å². The van der Waals surface area contributed by atoms with Crippen LogP contribution in [-0.2, 0) is 6.42 Å². The SMILES string of the molecule is CCCCCc1ccc(/C=C/c2ccc(-c3ccc(OC)c(F)c3F)cc2)c(F)c1F.